The minimum Gasteiger partial charge on any atom is -0.383 e. The molecule has 0 spiro atoms. The van der Waals surface area contributed by atoms with Gasteiger partial charge < -0.3 is 20.5 Å². The Kier molecular flexibility index (Phi) is 7.91. The van der Waals surface area contributed by atoms with E-state index in [0.29, 0.717) is 12.1 Å². The fraction of sp³-hybridized carbons (Fsp3) is 1.00. The Morgan fingerprint density at radius 3 is 2.74 bits per heavy atom. The van der Waals surface area contributed by atoms with Crippen molar-refractivity contribution in [3.8, 4) is 0 Å². The highest BCUT2D eigenvalue weighted by molar-refractivity contribution is 4.89. The molecule has 0 aliphatic carbocycles. The molecular formula is C15H32N2O2. The van der Waals surface area contributed by atoms with Crippen LogP contribution in [-0.4, -0.2) is 44.6 Å². The highest BCUT2D eigenvalue weighted by Gasteiger charge is 2.34. The van der Waals surface area contributed by atoms with Gasteiger partial charge >= 0.3 is 0 Å². The Hall–Kier alpha value is -0.160. The van der Waals surface area contributed by atoms with Gasteiger partial charge in [-0.3, -0.25) is 0 Å². The van der Waals surface area contributed by atoms with E-state index in [1.807, 2.05) is 0 Å². The summed E-state index contributed by atoms with van der Waals surface area (Å²) in [6.45, 7) is 6.85. The van der Waals surface area contributed by atoms with Gasteiger partial charge in [0.2, 0.25) is 0 Å². The summed E-state index contributed by atoms with van der Waals surface area (Å²) in [6, 6.07) is 0.967. The molecule has 0 radical (unpaired) electrons. The lowest BCUT2D eigenvalue weighted by molar-refractivity contribution is -0.0948. The Bertz CT molecular complexity index is 232. The summed E-state index contributed by atoms with van der Waals surface area (Å²) in [5.41, 5.74) is 5.69. The van der Waals surface area contributed by atoms with Crippen LogP contribution in [0.25, 0.3) is 0 Å². The number of ether oxygens (including phenoxy) is 2. The van der Waals surface area contributed by atoms with Gasteiger partial charge in [-0.1, -0.05) is 13.8 Å². The van der Waals surface area contributed by atoms with Crippen molar-refractivity contribution in [2.24, 2.45) is 5.73 Å². The molecule has 1 aliphatic rings. The van der Waals surface area contributed by atoms with Crippen LogP contribution in [0.4, 0.5) is 0 Å². The van der Waals surface area contributed by atoms with E-state index in [2.05, 4.69) is 19.2 Å². The average Bonchev–Trinajstić information content (AvgIpc) is 2.45. The van der Waals surface area contributed by atoms with Gasteiger partial charge in [0.05, 0.1) is 12.2 Å². The SMILES string of the molecule is CCC1(CC)CC(NC(CCCN)COC)CCO1. The quantitative estimate of drug-likeness (QED) is 0.674. The first-order valence-corrected chi connectivity index (χ1v) is 7.78. The van der Waals surface area contributed by atoms with E-state index < -0.39 is 0 Å². The van der Waals surface area contributed by atoms with Gasteiger partial charge in [0.25, 0.3) is 0 Å². The number of methoxy groups -OCH3 is 1. The average molecular weight is 272 g/mol. The molecule has 0 aromatic heterocycles. The second kappa shape index (κ2) is 8.90. The Labute approximate surface area is 118 Å². The van der Waals surface area contributed by atoms with Gasteiger partial charge in [-0.05, 0) is 45.1 Å². The lowest BCUT2D eigenvalue weighted by Crippen LogP contribution is -2.50. The van der Waals surface area contributed by atoms with Gasteiger partial charge in [-0.15, -0.1) is 0 Å². The summed E-state index contributed by atoms with van der Waals surface area (Å²) < 4.78 is 11.3. The smallest absolute Gasteiger partial charge is 0.0692 e. The number of hydrogen-bond donors (Lipinski definition) is 2. The van der Waals surface area contributed by atoms with Crippen molar-refractivity contribution in [3.05, 3.63) is 0 Å². The molecule has 114 valence electrons. The molecule has 0 bridgehead atoms. The molecule has 2 atom stereocenters. The molecule has 19 heavy (non-hydrogen) atoms. The predicted molar refractivity (Wildman–Crippen MR) is 79.4 cm³/mol. The van der Waals surface area contributed by atoms with Crippen molar-refractivity contribution in [1.29, 1.82) is 0 Å². The zero-order chi connectivity index (χ0) is 14.1. The maximum atomic E-state index is 6.03. The van der Waals surface area contributed by atoms with Crippen LogP contribution < -0.4 is 11.1 Å². The highest BCUT2D eigenvalue weighted by Crippen LogP contribution is 2.31. The van der Waals surface area contributed by atoms with E-state index in [1.54, 1.807) is 7.11 Å². The summed E-state index contributed by atoms with van der Waals surface area (Å²) in [5, 5.41) is 3.75. The fourth-order valence-corrected chi connectivity index (χ4v) is 3.03. The van der Waals surface area contributed by atoms with Crippen molar-refractivity contribution in [2.75, 3.05) is 26.9 Å². The van der Waals surface area contributed by atoms with Crippen LogP contribution in [-0.2, 0) is 9.47 Å². The molecule has 1 rings (SSSR count). The van der Waals surface area contributed by atoms with Gasteiger partial charge in [-0.25, -0.2) is 0 Å². The Balaban J connectivity index is 2.48. The Morgan fingerprint density at radius 1 is 1.42 bits per heavy atom. The molecule has 1 saturated heterocycles. The van der Waals surface area contributed by atoms with E-state index >= 15 is 0 Å². The first kappa shape index (κ1) is 16.9. The molecule has 1 fully saturated rings. The van der Waals surface area contributed by atoms with Crippen molar-refractivity contribution >= 4 is 0 Å². The highest BCUT2D eigenvalue weighted by atomic mass is 16.5. The summed E-state index contributed by atoms with van der Waals surface area (Å²) in [5.74, 6) is 0. The van der Waals surface area contributed by atoms with Gasteiger partial charge in [0, 0.05) is 25.8 Å². The van der Waals surface area contributed by atoms with Crippen LogP contribution in [0.3, 0.4) is 0 Å². The van der Waals surface area contributed by atoms with Crippen LogP contribution >= 0.6 is 0 Å². The van der Waals surface area contributed by atoms with E-state index in [-0.39, 0.29) is 5.60 Å². The minimum atomic E-state index is 0.0847. The van der Waals surface area contributed by atoms with E-state index in [1.165, 1.54) is 0 Å². The molecule has 4 nitrogen and oxygen atoms in total. The van der Waals surface area contributed by atoms with E-state index in [4.69, 9.17) is 15.2 Å². The number of hydrogen-bond acceptors (Lipinski definition) is 4. The standard InChI is InChI=1S/C15H32N2O2/c1-4-15(5-2)11-13(8-10-19-15)17-14(12-18-3)7-6-9-16/h13-14,17H,4-12,16H2,1-3H3. The third-order valence-electron chi connectivity index (χ3n) is 4.38. The molecule has 4 heteroatoms. The van der Waals surface area contributed by atoms with Crippen molar-refractivity contribution in [2.45, 2.75) is 70.1 Å². The minimum absolute atomic E-state index is 0.0847. The van der Waals surface area contributed by atoms with Crippen LogP contribution in [0.5, 0.6) is 0 Å². The molecular weight excluding hydrogens is 240 g/mol. The molecule has 0 aromatic carbocycles. The third-order valence-corrected chi connectivity index (χ3v) is 4.38. The fourth-order valence-electron chi connectivity index (χ4n) is 3.03. The first-order valence-electron chi connectivity index (χ1n) is 7.78. The van der Waals surface area contributed by atoms with Gasteiger partial charge in [0.15, 0.2) is 0 Å². The van der Waals surface area contributed by atoms with Crippen LogP contribution in [0.2, 0.25) is 0 Å². The normalized spacial score (nSPS) is 24.3. The van der Waals surface area contributed by atoms with E-state index in [9.17, 15) is 0 Å². The van der Waals surface area contributed by atoms with Crippen molar-refractivity contribution in [3.63, 3.8) is 0 Å². The van der Waals surface area contributed by atoms with Crippen LogP contribution in [0.1, 0.15) is 52.4 Å². The number of rotatable bonds is 9. The Morgan fingerprint density at radius 2 is 2.16 bits per heavy atom. The monoisotopic (exact) mass is 272 g/mol. The zero-order valence-corrected chi connectivity index (χ0v) is 12.9. The zero-order valence-electron chi connectivity index (χ0n) is 12.9. The lowest BCUT2D eigenvalue weighted by Gasteiger charge is -2.41. The largest absolute Gasteiger partial charge is 0.383 e. The number of nitrogens with two attached hydrogens (primary N) is 1. The molecule has 1 heterocycles. The molecule has 0 amide bonds. The van der Waals surface area contributed by atoms with Gasteiger partial charge in [0.1, 0.15) is 0 Å². The topological polar surface area (TPSA) is 56.5 Å². The summed E-state index contributed by atoms with van der Waals surface area (Å²) in [6.07, 6.45) is 6.55. The van der Waals surface area contributed by atoms with Crippen LogP contribution in [0, 0.1) is 0 Å². The van der Waals surface area contributed by atoms with Crippen molar-refractivity contribution in [1.82, 2.24) is 5.32 Å². The molecule has 2 unspecified atom stereocenters. The van der Waals surface area contributed by atoms with Crippen LogP contribution in [0.15, 0.2) is 0 Å². The first-order chi connectivity index (χ1) is 9.19. The van der Waals surface area contributed by atoms with E-state index in [0.717, 1.165) is 58.3 Å². The molecule has 3 N–H and O–H groups in total. The third kappa shape index (κ3) is 5.38. The lowest BCUT2D eigenvalue weighted by atomic mass is 9.85. The number of nitrogens with one attached hydrogen (secondary N) is 1. The summed E-state index contributed by atoms with van der Waals surface area (Å²) >= 11 is 0. The summed E-state index contributed by atoms with van der Waals surface area (Å²) in [4.78, 5) is 0. The van der Waals surface area contributed by atoms with Crippen molar-refractivity contribution < 1.29 is 9.47 Å². The maximum absolute atomic E-state index is 6.03. The second-order valence-corrected chi connectivity index (χ2v) is 5.68. The molecule has 0 saturated carbocycles. The second-order valence-electron chi connectivity index (χ2n) is 5.68. The maximum Gasteiger partial charge on any atom is 0.0692 e. The molecule has 1 aliphatic heterocycles. The predicted octanol–water partition coefficient (Wildman–Crippen LogP) is 2.07. The van der Waals surface area contributed by atoms with Gasteiger partial charge in [-0.2, -0.15) is 0 Å². The summed E-state index contributed by atoms with van der Waals surface area (Å²) in [7, 11) is 1.77. The molecule has 0 aromatic rings.